The molecule has 0 aliphatic heterocycles. The van der Waals surface area contributed by atoms with Gasteiger partial charge in [0.05, 0.1) is 6.10 Å². The van der Waals surface area contributed by atoms with Crippen molar-refractivity contribution < 1.29 is 4.74 Å². The number of ether oxygens (including phenoxy) is 1. The average Bonchev–Trinajstić information content (AvgIpc) is 2.70. The van der Waals surface area contributed by atoms with Gasteiger partial charge < -0.3 is 4.74 Å². The Kier molecular flexibility index (Phi) is 3.33. The van der Waals surface area contributed by atoms with E-state index in [-0.39, 0.29) is 0 Å². The van der Waals surface area contributed by atoms with Crippen molar-refractivity contribution in [3.05, 3.63) is 33.1 Å². The molecule has 0 heterocycles. The number of hydrogen-bond donors (Lipinski definition) is 0. The molecule has 0 N–H and O–H groups in total. The first-order valence-corrected chi connectivity index (χ1v) is 7.63. The van der Waals surface area contributed by atoms with Crippen LogP contribution in [-0.4, -0.2) is 12.7 Å². The molecule has 0 saturated heterocycles. The Balaban J connectivity index is 1.84. The van der Waals surface area contributed by atoms with E-state index in [1.165, 1.54) is 40.6 Å². The molecule has 0 bridgehead atoms. The van der Waals surface area contributed by atoms with E-state index in [1.54, 1.807) is 0 Å². The summed E-state index contributed by atoms with van der Waals surface area (Å²) < 4.78 is 6.92. The van der Waals surface area contributed by atoms with Crippen molar-refractivity contribution in [1.82, 2.24) is 0 Å². The second-order valence-electron chi connectivity index (χ2n) is 5.45. The molecule has 0 radical (unpaired) electrons. The van der Waals surface area contributed by atoms with E-state index in [2.05, 4.69) is 53.2 Å². The molecule has 96 valence electrons. The van der Waals surface area contributed by atoms with Crippen molar-refractivity contribution in [3.8, 4) is 0 Å². The summed E-state index contributed by atoms with van der Waals surface area (Å²) in [5, 5.41) is 2.78. The Hall–Kier alpha value is -0.600. The Morgan fingerprint density at radius 3 is 2.67 bits per heavy atom. The molecular formula is C16H19BrO. The molecule has 1 fully saturated rings. The van der Waals surface area contributed by atoms with Crippen LogP contribution in [0.3, 0.4) is 0 Å². The van der Waals surface area contributed by atoms with Gasteiger partial charge >= 0.3 is 0 Å². The van der Waals surface area contributed by atoms with Crippen LogP contribution < -0.4 is 10.4 Å². The quantitative estimate of drug-likeness (QED) is 0.816. The smallest absolute Gasteiger partial charge is 0.0575 e. The summed E-state index contributed by atoms with van der Waals surface area (Å²) >= 11 is 3.55. The molecule has 1 aromatic carbocycles. The van der Waals surface area contributed by atoms with Crippen LogP contribution in [-0.2, 0) is 4.74 Å². The van der Waals surface area contributed by atoms with E-state index in [1.807, 2.05) is 0 Å². The Morgan fingerprint density at radius 1 is 1.22 bits per heavy atom. The van der Waals surface area contributed by atoms with Gasteiger partial charge in [-0.2, -0.15) is 0 Å². The summed E-state index contributed by atoms with van der Waals surface area (Å²) in [6, 6.07) is 6.59. The highest BCUT2D eigenvalue weighted by Gasteiger charge is 2.33. The van der Waals surface area contributed by atoms with Gasteiger partial charge in [0.1, 0.15) is 0 Å². The van der Waals surface area contributed by atoms with Crippen molar-refractivity contribution in [1.29, 1.82) is 0 Å². The third-order valence-corrected chi connectivity index (χ3v) is 4.69. The summed E-state index contributed by atoms with van der Waals surface area (Å²) in [7, 11) is 0. The van der Waals surface area contributed by atoms with E-state index >= 15 is 0 Å². The Labute approximate surface area is 117 Å². The molecule has 0 atom stereocenters. The second kappa shape index (κ2) is 4.82. The first-order chi connectivity index (χ1) is 8.71. The average molecular weight is 307 g/mol. The van der Waals surface area contributed by atoms with Gasteiger partial charge in [-0.1, -0.05) is 34.1 Å². The van der Waals surface area contributed by atoms with Crippen LogP contribution in [0.2, 0.25) is 0 Å². The zero-order valence-corrected chi connectivity index (χ0v) is 12.4. The molecule has 1 saturated carbocycles. The second-order valence-corrected chi connectivity index (χ2v) is 6.37. The maximum absolute atomic E-state index is 5.75. The van der Waals surface area contributed by atoms with Crippen LogP contribution in [0.4, 0.5) is 0 Å². The summed E-state index contributed by atoms with van der Waals surface area (Å²) in [5.41, 5.74) is 0.302. The van der Waals surface area contributed by atoms with Gasteiger partial charge in [0.25, 0.3) is 0 Å². The van der Waals surface area contributed by atoms with Crippen LogP contribution in [0, 0.1) is 5.41 Å². The molecule has 1 spiro atoms. The lowest BCUT2D eigenvalue weighted by Crippen LogP contribution is -2.27. The molecule has 0 aromatic heterocycles. The number of hydrogen-bond acceptors (Lipinski definition) is 1. The molecule has 2 aliphatic rings. The van der Waals surface area contributed by atoms with Gasteiger partial charge in [0.2, 0.25) is 0 Å². The number of benzene rings is 1. The molecular weight excluding hydrogens is 288 g/mol. The molecule has 0 unspecified atom stereocenters. The molecule has 1 nitrogen and oxygen atoms in total. The van der Waals surface area contributed by atoms with Gasteiger partial charge in [-0.25, -0.2) is 0 Å². The maximum Gasteiger partial charge on any atom is 0.0575 e. The SMILES string of the molecule is CCOC1CCC2(C=c3ccc(Br)cc3=C2)CC1. The van der Waals surface area contributed by atoms with Gasteiger partial charge in [0, 0.05) is 16.5 Å². The highest BCUT2D eigenvalue weighted by molar-refractivity contribution is 9.10. The van der Waals surface area contributed by atoms with Crippen molar-refractivity contribution in [3.63, 3.8) is 0 Å². The molecule has 0 amide bonds. The maximum atomic E-state index is 5.75. The largest absolute Gasteiger partial charge is 0.379 e. The summed E-state index contributed by atoms with van der Waals surface area (Å²) in [6.07, 6.45) is 10.3. The lowest BCUT2D eigenvalue weighted by molar-refractivity contribution is 0.0253. The predicted octanol–water partition coefficient (Wildman–Crippen LogP) is 2.99. The minimum absolute atomic E-state index is 0.302. The van der Waals surface area contributed by atoms with Gasteiger partial charge in [-0.3, -0.25) is 0 Å². The Bertz CT molecular complexity index is 553. The third kappa shape index (κ3) is 2.28. The first kappa shape index (κ1) is 12.4. The normalized spacial score (nSPS) is 29.8. The Morgan fingerprint density at radius 2 is 1.94 bits per heavy atom. The molecule has 18 heavy (non-hydrogen) atoms. The van der Waals surface area contributed by atoms with E-state index in [0.717, 1.165) is 6.61 Å². The van der Waals surface area contributed by atoms with Crippen LogP contribution >= 0.6 is 15.9 Å². The monoisotopic (exact) mass is 306 g/mol. The van der Waals surface area contributed by atoms with Crippen LogP contribution in [0.5, 0.6) is 0 Å². The fourth-order valence-corrected chi connectivity index (χ4v) is 3.66. The molecule has 3 rings (SSSR count). The molecule has 1 aromatic rings. The van der Waals surface area contributed by atoms with Crippen LogP contribution in [0.25, 0.3) is 12.2 Å². The fourth-order valence-electron chi connectivity index (χ4n) is 3.28. The van der Waals surface area contributed by atoms with E-state index < -0.39 is 0 Å². The zero-order valence-electron chi connectivity index (χ0n) is 10.8. The highest BCUT2D eigenvalue weighted by Crippen LogP contribution is 2.41. The van der Waals surface area contributed by atoms with Gasteiger partial charge in [0.15, 0.2) is 0 Å². The minimum atomic E-state index is 0.302. The van der Waals surface area contributed by atoms with Crippen molar-refractivity contribution in [2.75, 3.05) is 6.61 Å². The lowest BCUT2D eigenvalue weighted by atomic mass is 9.74. The topological polar surface area (TPSA) is 9.23 Å². The summed E-state index contributed by atoms with van der Waals surface area (Å²) in [5.74, 6) is 0. The minimum Gasteiger partial charge on any atom is -0.379 e. The fraction of sp³-hybridized carbons (Fsp3) is 0.500. The van der Waals surface area contributed by atoms with Crippen LogP contribution in [0.1, 0.15) is 32.6 Å². The van der Waals surface area contributed by atoms with Crippen molar-refractivity contribution in [2.24, 2.45) is 5.41 Å². The first-order valence-electron chi connectivity index (χ1n) is 6.84. The molecule has 2 heteroatoms. The van der Waals surface area contributed by atoms with Crippen LogP contribution in [0.15, 0.2) is 22.7 Å². The van der Waals surface area contributed by atoms with E-state index in [9.17, 15) is 0 Å². The highest BCUT2D eigenvalue weighted by atomic mass is 79.9. The number of rotatable bonds is 2. The van der Waals surface area contributed by atoms with E-state index in [0.29, 0.717) is 11.5 Å². The van der Waals surface area contributed by atoms with Gasteiger partial charge in [-0.05, 0) is 55.2 Å². The van der Waals surface area contributed by atoms with Crippen molar-refractivity contribution >= 4 is 28.1 Å². The zero-order chi connectivity index (χ0) is 12.6. The number of halogens is 1. The predicted molar refractivity (Wildman–Crippen MR) is 78.6 cm³/mol. The van der Waals surface area contributed by atoms with E-state index in [4.69, 9.17) is 4.74 Å². The molecule has 2 aliphatic carbocycles. The third-order valence-electron chi connectivity index (χ3n) is 4.20. The summed E-state index contributed by atoms with van der Waals surface area (Å²) in [4.78, 5) is 0. The lowest BCUT2D eigenvalue weighted by Gasteiger charge is -2.34. The van der Waals surface area contributed by atoms with Gasteiger partial charge in [-0.15, -0.1) is 0 Å². The number of fused-ring (bicyclic) bond motifs is 1. The summed E-state index contributed by atoms with van der Waals surface area (Å²) in [6.45, 7) is 2.93. The van der Waals surface area contributed by atoms with Crippen molar-refractivity contribution in [2.45, 2.75) is 38.7 Å². The standard InChI is InChI=1S/C16H19BrO/c1-2-18-15-5-7-16(8-6-15)10-12-3-4-14(17)9-13(12)11-16/h3-4,9-11,15H,2,5-8H2,1H3.